The summed E-state index contributed by atoms with van der Waals surface area (Å²) in [5.74, 6) is -1.84. The first kappa shape index (κ1) is 25.4. The number of morpholine rings is 1. The van der Waals surface area contributed by atoms with Gasteiger partial charge in [0.15, 0.2) is 8.32 Å². The minimum Gasteiger partial charge on any atom is -0.477 e. The summed E-state index contributed by atoms with van der Waals surface area (Å²) in [4.78, 5) is 40.8. The predicted octanol–water partition coefficient (Wildman–Crippen LogP) is 2.99. The van der Waals surface area contributed by atoms with E-state index in [2.05, 4.69) is 40.4 Å². The van der Waals surface area contributed by atoms with Gasteiger partial charge in [0.1, 0.15) is 12.3 Å². The zero-order valence-electron chi connectivity index (χ0n) is 20.4. The van der Waals surface area contributed by atoms with Gasteiger partial charge in [-0.3, -0.25) is 9.69 Å². The van der Waals surface area contributed by atoms with E-state index in [-0.39, 0.29) is 48.5 Å². The molecule has 2 fully saturated rings. The average Bonchev–Trinajstić information content (AvgIpc) is 3.06. The summed E-state index contributed by atoms with van der Waals surface area (Å²) in [6, 6.07) is -0.899. The molecule has 3 rings (SSSR count). The van der Waals surface area contributed by atoms with Gasteiger partial charge in [-0.05, 0) is 37.0 Å². The number of amides is 2. The predicted molar refractivity (Wildman–Crippen MR) is 124 cm³/mol. The summed E-state index contributed by atoms with van der Waals surface area (Å²) in [5.41, 5.74) is 0.482. The molecule has 0 radical (unpaired) electrons. The van der Waals surface area contributed by atoms with Gasteiger partial charge in [-0.2, -0.15) is 0 Å². The normalized spacial score (nSPS) is 26.6. The third-order valence-electron chi connectivity index (χ3n) is 7.33. The van der Waals surface area contributed by atoms with Crippen molar-refractivity contribution in [3.63, 3.8) is 0 Å². The highest BCUT2D eigenvalue weighted by Crippen LogP contribution is 2.47. The maximum Gasteiger partial charge on any atom is 0.410 e. The van der Waals surface area contributed by atoms with Gasteiger partial charge in [-0.15, -0.1) is 0 Å². The van der Waals surface area contributed by atoms with Gasteiger partial charge in [-0.1, -0.05) is 33.4 Å². The molecule has 33 heavy (non-hydrogen) atoms. The molecule has 10 heteroatoms. The number of carbonyl (C=O) groups is 3. The third-order valence-corrected chi connectivity index (χ3v) is 11.9. The molecule has 3 heterocycles. The number of carbonyl (C=O) groups excluding carboxylic acids is 2. The quantitative estimate of drug-likeness (QED) is 0.339. The molecule has 0 saturated carbocycles. The molecule has 0 unspecified atom stereocenters. The van der Waals surface area contributed by atoms with Gasteiger partial charge in [0.2, 0.25) is 5.91 Å². The van der Waals surface area contributed by atoms with Gasteiger partial charge >= 0.3 is 12.1 Å². The molecule has 0 bridgehead atoms. The second kappa shape index (κ2) is 9.23. The lowest BCUT2D eigenvalue weighted by atomic mass is 9.82. The molecule has 1 N–H and O–H groups in total. The molecule has 4 atom stereocenters. The lowest BCUT2D eigenvalue weighted by Crippen LogP contribution is -2.63. The Labute approximate surface area is 196 Å². The molecule has 0 aliphatic carbocycles. The molecule has 9 nitrogen and oxygen atoms in total. The molecule has 0 aromatic heterocycles. The van der Waals surface area contributed by atoms with Crippen LogP contribution < -0.4 is 0 Å². The van der Waals surface area contributed by atoms with E-state index in [1.165, 1.54) is 15.9 Å². The van der Waals surface area contributed by atoms with Crippen molar-refractivity contribution in [3.05, 3.63) is 23.9 Å². The van der Waals surface area contributed by atoms with Crippen LogP contribution >= 0.6 is 0 Å². The second-order valence-electron chi connectivity index (χ2n) is 10.4. The standard InChI is InChI=1S/C23H36N2O7Si/c1-8-10-31-22(29)24-9-11-30-13-17(24)15-12-16-18(20(26)25(16)19(15)21(27)28)14(2)32-33(6,7)23(3,4)5/h8,14,16-18H,1,9-13H2,2-7H3,(H,27,28)/t14-,16-,17+,18-/m1/s1. The average molecular weight is 481 g/mol. The van der Waals surface area contributed by atoms with Crippen LogP contribution in [0.25, 0.3) is 0 Å². The summed E-state index contributed by atoms with van der Waals surface area (Å²) >= 11 is 0. The van der Waals surface area contributed by atoms with Crippen LogP contribution in [0.4, 0.5) is 4.79 Å². The molecule has 184 valence electrons. The van der Waals surface area contributed by atoms with Crippen LogP contribution in [0.1, 0.15) is 34.1 Å². The molecule has 0 aromatic rings. The highest BCUT2D eigenvalue weighted by Gasteiger charge is 2.59. The molecule has 2 amide bonds. The molecular formula is C23H36N2O7Si. The fourth-order valence-corrected chi connectivity index (χ4v) is 6.05. The molecule has 0 spiro atoms. The van der Waals surface area contributed by atoms with Crippen LogP contribution in [0.5, 0.6) is 0 Å². The van der Waals surface area contributed by atoms with Crippen molar-refractivity contribution in [2.45, 2.75) is 70.4 Å². The van der Waals surface area contributed by atoms with Crippen molar-refractivity contribution in [2.24, 2.45) is 5.92 Å². The summed E-state index contributed by atoms with van der Waals surface area (Å²) in [7, 11) is -2.11. The van der Waals surface area contributed by atoms with Crippen LogP contribution in [0.3, 0.4) is 0 Å². The monoisotopic (exact) mass is 480 g/mol. The van der Waals surface area contributed by atoms with Gasteiger partial charge in [0, 0.05) is 6.54 Å². The number of aliphatic carboxylic acids is 1. The van der Waals surface area contributed by atoms with Crippen LogP contribution in [0.2, 0.25) is 18.1 Å². The summed E-state index contributed by atoms with van der Waals surface area (Å²) in [5, 5.41) is 9.96. The molecule has 3 aliphatic heterocycles. The number of hydrogen-bond acceptors (Lipinski definition) is 6. The lowest BCUT2D eigenvalue weighted by molar-refractivity contribution is -0.160. The van der Waals surface area contributed by atoms with Crippen molar-refractivity contribution >= 4 is 26.3 Å². The Hall–Kier alpha value is -2.17. The maximum absolute atomic E-state index is 13.1. The number of β-lactam (4-membered cyclic amide) rings is 1. The first-order chi connectivity index (χ1) is 15.3. The van der Waals surface area contributed by atoms with Crippen LogP contribution in [-0.2, 0) is 23.5 Å². The number of hydrogen-bond donors (Lipinski definition) is 1. The molecule has 0 aromatic carbocycles. The summed E-state index contributed by atoms with van der Waals surface area (Å²) in [6.07, 6.45) is 0.962. The number of ether oxygens (including phenoxy) is 2. The van der Waals surface area contributed by atoms with Crippen LogP contribution in [0.15, 0.2) is 23.9 Å². The fraction of sp³-hybridized carbons (Fsp3) is 0.696. The van der Waals surface area contributed by atoms with Gasteiger partial charge < -0.3 is 23.9 Å². The van der Waals surface area contributed by atoms with Crippen molar-refractivity contribution in [2.75, 3.05) is 26.4 Å². The Kier molecular flexibility index (Phi) is 7.12. The zero-order chi connectivity index (χ0) is 24.7. The van der Waals surface area contributed by atoms with E-state index in [4.69, 9.17) is 13.9 Å². The Morgan fingerprint density at radius 1 is 1.36 bits per heavy atom. The van der Waals surface area contributed by atoms with Crippen LogP contribution in [0, 0.1) is 5.92 Å². The number of carboxylic acid groups (broad SMARTS) is 1. The Balaban J connectivity index is 1.84. The third kappa shape index (κ3) is 4.60. The van der Waals surface area contributed by atoms with E-state index in [1.807, 2.05) is 6.92 Å². The van der Waals surface area contributed by atoms with Crippen molar-refractivity contribution in [3.8, 4) is 0 Å². The number of rotatable bonds is 7. The van der Waals surface area contributed by atoms with Crippen LogP contribution in [-0.4, -0.2) is 85.7 Å². The molecular weight excluding hydrogens is 444 g/mol. The minimum absolute atomic E-state index is 0.00914. The van der Waals surface area contributed by atoms with E-state index >= 15 is 0 Å². The van der Waals surface area contributed by atoms with E-state index in [1.54, 1.807) is 0 Å². The zero-order valence-corrected chi connectivity index (χ0v) is 21.4. The molecule has 2 saturated heterocycles. The number of nitrogens with zero attached hydrogens (tertiary/aromatic N) is 2. The highest BCUT2D eigenvalue weighted by molar-refractivity contribution is 6.74. The lowest BCUT2D eigenvalue weighted by Gasteiger charge is -2.48. The smallest absolute Gasteiger partial charge is 0.410 e. The van der Waals surface area contributed by atoms with Gasteiger partial charge in [0.05, 0.1) is 37.3 Å². The molecule has 3 aliphatic rings. The Morgan fingerprint density at radius 2 is 2.03 bits per heavy atom. The van der Waals surface area contributed by atoms with Crippen molar-refractivity contribution in [1.29, 1.82) is 0 Å². The van der Waals surface area contributed by atoms with Gasteiger partial charge in [-0.25, -0.2) is 9.59 Å². The highest BCUT2D eigenvalue weighted by atomic mass is 28.4. The van der Waals surface area contributed by atoms with Gasteiger partial charge in [0.25, 0.3) is 0 Å². The first-order valence-electron chi connectivity index (χ1n) is 11.4. The van der Waals surface area contributed by atoms with E-state index in [0.29, 0.717) is 18.6 Å². The maximum atomic E-state index is 13.1. The largest absolute Gasteiger partial charge is 0.477 e. The number of fused-ring (bicyclic) bond motifs is 1. The Bertz CT molecular complexity index is 863. The minimum atomic E-state index is -2.11. The second-order valence-corrected chi connectivity index (χ2v) is 15.2. The van der Waals surface area contributed by atoms with E-state index < -0.39 is 32.3 Å². The summed E-state index contributed by atoms with van der Waals surface area (Å²) in [6.45, 7) is 17.0. The van der Waals surface area contributed by atoms with Crippen molar-refractivity contribution in [1.82, 2.24) is 9.80 Å². The van der Waals surface area contributed by atoms with Crippen molar-refractivity contribution < 1.29 is 33.4 Å². The van der Waals surface area contributed by atoms with E-state index in [9.17, 15) is 19.5 Å². The number of carboxylic acids is 1. The SMILES string of the molecule is C=CCOC(=O)N1CCOC[C@H]1C1=C(C(=O)O)N2C(=O)[C@H]([C@@H](C)O[Si](C)(C)C(C)(C)C)[C@H]2C1. The fourth-order valence-electron chi connectivity index (χ4n) is 4.62. The topological polar surface area (TPSA) is 106 Å². The first-order valence-corrected chi connectivity index (χ1v) is 14.3. The summed E-state index contributed by atoms with van der Waals surface area (Å²) < 4.78 is 17.3. The Morgan fingerprint density at radius 3 is 2.61 bits per heavy atom. The van der Waals surface area contributed by atoms with E-state index in [0.717, 1.165) is 0 Å².